The number of amides is 2. The molecule has 2 heterocycles. The predicted molar refractivity (Wildman–Crippen MR) is 93.0 cm³/mol. The molecule has 25 heavy (non-hydrogen) atoms. The van der Waals surface area contributed by atoms with Crippen LogP contribution in [-0.2, 0) is 17.3 Å². The lowest BCUT2D eigenvalue weighted by Gasteiger charge is -2.38. The van der Waals surface area contributed by atoms with Crippen LogP contribution in [0.25, 0.3) is 0 Å². The van der Waals surface area contributed by atoms with E-state index in [0.29, 0.717) is 31.9 Å². The van der Waals surface area contributed by atoms with Gasteiger partial charge in [0.25, 0.3) is 5.91 Å². The molecule has 1 aliphatic heterocycles. The van der Waals surface area contributed by atoms with Gasteiger partial charge in [-0.1, -0.05) is 35.5 Å². The molecule has 2 aromatic rings. The first-order valence-electron chi connectivity index (χ1n) is 8.40. The van der Waals surface area contributed by atoms with E-state index in [2.05, 4.69) is 10.3 Å². The molecule has 0 radical (unpaired) electrons. The molecule has 132 valence electrons. The molecule has 7 nitrogen and oxygen atoms in total. The monoisotopic (exact) mass is 341 g/mol. The lowest BCUT2D eigenvalue weighted by molar-refractivity contribution is -0.137. The fourth-order valence-corrected chi connectivity index (χ4v) is 3.09. The van der Waals surface area contributed by atoms with E-state index in [1.54, 1.807) is 18.1 Å². The largest absolute Gasteiger partial charge is 0.338 e. The highest BCUT2D eigenvalue weighted by atomic mass is 16.2. The van der Waals surface area contributed by atoms with Crippen LogP contribution in [0.5, 0.6) is 0 Å². The third-order valence-corrected chi connectivity index (χ3v) is 4.71. The van der Waals surface area contributed by atoms with Gasteiger partial charge in [0.2, 0.25) is 5.91 Å². The van der Waals surface area contributed by atoms with Gasteiger partial charge in [-0.25, -0.2) is 0 Å². The van der Waals surface area contributed by atoms with Gasteiger partial charge in [-0.2, -0.15) is 0 Å². The van der Waals surface area contributed by atoms with Crippen molar-refractivity contribution in [1.82, 2.24) is 24.8 Å². The molecule has 0 aliphatic carbocycles. The SMILES string of the molecule is Cn1cc(C(=O)N2CCN(C(=O)C(C)(C)c3ccccc3)CC2)nn1. The van der Waals surface area contributed by atoms with Crippen molar-refractivity contribution in [2.75, 3.05) is 26.2 Å². The minimum Gasteiger partial charge on any atom is -0.338 e. The van der Waals surface area contributed by atoms with Crippen molar-refractivity contribution in [2.45, 2.75) is 19.3 Å². The van der Waals surface area contributed by atoms with Crippen molar-refractivity contribution in [2.24, 2.45) is 7.05 Å². The fourth-order valence-electron chi connectivity index (χ4n) is 3.09. The van der Waals surface area contributed by atoms with Gasteiger partial charge < -0.3 is 9.80 Å². The molecule has 0 spiro atoms. The topological polar surface area (TPSA) is 71.3 Å². The molecule has 0 bridgehead atoms. The second-order valence-corrected chi connectivity index (χ2v) is 6.85. The summed E-state index contributed by atoms with van der Waals surface area (Å²) < 4.78 is 1.51. The van der Waals surface area contributed by atoms with E-state index < -0.39 is 5.41 Å². The molecule has 1 aliphatic rings. The van der Waals surface area contributed by atoms with Crippen LogP contribution in [-0.4, -0.2) is 62.8 Å². The molecular weight excluding hydrogens is 318 g/mol. The number of piperazine rings is 1. The molecular formula is C18H23N5O2. The second-order valence-electron chi connectivity index (χ2n) is 6.85. The third-order valence-electron chi connectivity index (χ3n) is 4.71. The molecule has 1 fully saturated rings. The van der Waals surface area contributed by atoms with Crippen LogP contribution in [0.15, 0.2) is 36.5 Å². The Labute approximate surface area is 147 Å². The van der Waals surface area contributed by atoms with Gasteiger partial charge in [-0.3, -0.25) is 14.3 Å². The van der Waals surface area contributed by atoms with Crippen LogP contribution in [0.2, 0.25) is 0 Å². The van der Waals surface area contributed by atoms with Crippen molar-refractivity contribution in [3.8, 4) is 0 Å². The van der Waals surface area contributed by atoms with Crippen molar-refractivity contribution in [3.63, 3.8) is 0 Å². The first kappa shape index (κ1) is 17.1. The summed E-state index contributed by atoms with van der Waals surface area (Å²) in [6, 6.07) is 9.79. The maximum atomic E-state index is 13.0. The molecule has 7 heteroatoms. The summed E-state index contributed by atoms with van der Waals surface area (Å²) in [7, 11) is 1.73. The quantitative estimate of drug-likeness (QED) is 0.837. The highest BCUT2D eigenvalue weighted by molar-refractivity contribution is 5.92. The van der Waals surface area contributed by atoms with E-state index in [1.165, 1.54) is 4.68 Å². The summed E-state index contributed by atoms with van der Waals surface area (Å²) in [5.74, 6) is -0.0483. The highest BCUT2D eigenvalue weighted by Gasteiger charge is 2.35. The number of aryl methyl sites for hydroxylation is 1. The standard InChI is InChI=1S/C18H23N5O2/c1-18(2,14-7-5-4-6-8-14)17(25)23-11-9-22(10-12-23)16(24)15-13-21(3)20-19-15/h4-8,13H,9-12H2,1-3H3. The van der Waals surface area contributed by atoms with E-state index >= 15 is 0 Å². The number of aromatic nitrogens is 3. The van der Waals surface area contributed by atoms with Gasteiger partial charge in [0.05, 0.1) is 11.6 Å². The number of hydrogen-bond acceptors (Lipinski definition) is 4. The zero-order chi connectivity index (χ0) is 18.0. The first-order valence-corrected chi connectivity index (χ1v) is 8.40. The Balaban J connectivity index is 1.64. The summed E-state index contributed by atoms with van der Waals surface area (Å²) in [5, 5.41) is 7.66. The minimum absolute atomic E-state index is 0.0882. The van der Waals surface area contributed by atoms with Gasteiger partial charge in [0.15, 0.2) is 5.69 Å². The van der Waals surface area contributed by atoms with Crippen LogP contribution in [0.3, 0.4) is 0 Å². The summed E-state index contributed by atoms with van der Waals surface area (Å²) in [4.78, 5) is 28.9. The Bertz CT molecular complexity index is 761. The molecule has 0 unspecified atom stereocenters. The fraction of sp³-hybridized carbons (Fsp3) is 0.444. The summed E-state index contributed by atoms with van der Waals surface area (Å²) >= 11 is 0. The molecule has 2 amide bonds. The molecule has 1 aromatic carbocycles. The van der Waals surface area contributed by atoms with Gasteiger partial charge in [-0.15, -0.1) is 5.10 Å². The predicted octanol–water partition coefficient (Wildman–Crippen LogP) is 1.08. The summed E-state index contributed by atoms with van der Waals surface area (Å²) in [6.07, 6.45) is 1.61. The van der Waals surface area contributed by atoms with E-state index in [1.807, 2.05) is 49.1 Å². The Kier molecular flexibility index (Phi) is 4.57. The van der Waals surface area contributed by atoms with E-state index in [0.717, 1.165) is 5.56 Å². The zero-order valence-corrected chi connectivity index (χ0v) is 14.8. The van der Waals surface area contributed by atoms with Gasteiger partial charge >= 0.3 is 0 Å². The maximum Gasteiger partial charge on any atom is 0.276 e. The van der Waals surface area contributed by atoms with E-state index in [4.69, 9.17) is 0 Å². The Morgan fingerprint density at radius 1 is 1.00 bits per heavy atom. The lowest BCUT2D eigenvalue weighted by Crippen LogP contribution is -2.54. The smallest absolute Gasteiger partial charge is 0.276 e. The third kappa shape index (κ3) is 3.40. The van der Waals surface area contributed by atoms with Crippen molar-refractivity contribution in [3.05, 3.63) is 47.8 Å². The van der Waals surface area contributed by atoms with Gasteiger partial charge in [-0.05, 0) is 19.4 Å². The number of hydrogen-bond donors (Lipinski definition) is 0. The van der Waals surface area contributed by atoms with Crippen LogP contribution in [0.1, 0.15) is 29.9 Å². The summed E-state index contributed by atoms with van der Waals surface area (Å²) in [5.41, 5.74) is 0.753. The molecule has 3 rings (SSSR count). The van der Waals surface area contributed by atoms with Crippen molar-refractivity contribution >= 4 is 11.8 Å². The molecule has 0 N–H and O–H groups in total. The van der Waals surface area contributed by atoms with Crippen LogP contribution in [0.4, 0.5) is 0 Å². The first-order chi connectivity index (χ1) is 11.9. The van der Waals surface area contributed by atoms with E-state index in [-0.39, 0.29) is 11.8 Å². The van der Waals surface area contributed by atoms with Crippen molar-refractivity contribution in [1.29, 1.82) is 0 Å². The molecule has 1 aromatic heterocycles. The number of carbonyl (C=O) groups is 2. The molecule has 1 saturated heterocycles. The average molecular weight is 341 g/mol. The molecule has 0 atom stereocenters. The highest BCUT2D eigenvalue weighted by Crippen LogP contribution is 2.26. The number of nitrogens with zero attached hydrogens (tertiary/aromatic N) is 5. The van der Waals surface area contributed by atoms with Crippen LogP contribution >= 0.6 is 0 Å². The Morgan fingerprint density at radius 3 is 2.16 bits per heavy atom. The average Bonchev–Trinajstić information content (AvgIpc) is 3.07. The van der Waals surface area contributed by atoms with Crippen molar-refractivity contribution < 1.29 is 9.59 Å². The number of benzene rings is 1. The van der Waals surface area contributed by atoms with Gasteiger partial charge in [0, 0.05) is 33.2 Å². The van der Waals surface area contributed by atoms with Gasteiger partial charge in [0.1, 0.15) is 0 Å². The van der Waals surface area contributed by atoms with Crippen LogP contribution in [0, 0.1) is 0 Å². The number of carbonyl (C=O) groups excluding carboxylic acids is 2. The zero-order valence-electron chi connectivity index (χ0n) is 14.8. The maximum absolute atomic E-state index is 13.0. The summed E-state index contributed by atoms with van der Waals surface area (Å²) in [6.45, 7) is 5.96. The molecule has 0 saturated carbocycles. The van der Waals surface area contributed by atoms with Crippen LogP contribution < -0.4 is 0 Å². The van der Waals surface area contributed by atoms with E-state index in [9.17, 15) is 9.59 Å². The minimum atomic E-state index is -0.585. The number of rotatable bonds is 3. The second kappa shape index (κ2) is 6.66. The lowest BCUT2D eigenvalue weighted by atomic mass is 9.83. The Hall–Kier alpha value is -2.70. The normalized spacial score (nSPS) is 15.3. The Morgan fingerprint density at radius 2 is 1.60 bits per heavy atom.